The van der Waals surface area contributed by atoms with Crippen LogP contribution in [0, 0.1) is 0 Å². The van der Waals surface area contributed by atoms with E-state index >= 15 is 0 Å². The Kier molecular flexibility index (Phi) is 10.8. The molecule has 0 aromatic carbocycles. The molecule has 82 valence electrons. The summed E-state index contributed by atoms with van der Waals surface area (Å²) in [5, 5.41) is 0. The summed E-state index contributed by atoms with van der Waals surface area (Å²) in [6.07, 6.45) is 1.38. The quantitative estimate of drug-likeness (QED) is 0.694. The van der Waals surface area contributed by atoms with Crippen LogP contribution in [0.15, 0.2) is 0 Å². The zero-order valence-electron chi connectivity index (χ0n) is 10.6. The van der Waals surface area contributed by atoms with Crippen LogP contribution in [0.5, 0.6) is 0 Å². The molecular weight excluding hydrogens is 234 g/mol. The first-order chi connectivity index (χ1) is 6.02. The van der Waals surface area contributed by atoms with Gasteiger partial charge in [-0.2, -0.15) is 8.42 Å². The smallest absolute Gasteiger partial charge is 1.00 e. The Bertz CT molecular complexity index is 261. The normalized spacial score (nSPS) is 10.4. The maximum atomic E-state index is 10.9. The molecule has 0 aliphatic rings. The maximum Gasteiger partial charge on any atom is 2.00 e. The standard InChI is InChI=1S/C7H15NO4S.Ca.2H/c1-3-5-7(9)8-13(10,11)12-6-4-2;;;/h3-6H2,1-2H3,(H,8,9);;;/q;+2;2*-1. The molecule has 0 aromatic heterocycles. The summed E-state index contributed by atoms with van der Waals surface area (Å²) in [6.45, 7) is 3.66. The van der Waals surface area contributed by atoms with Crippen molar-refractivity contribution in [3.05, 3.63) is 0 Å². The molecule has 0 aliphatic heterocycles. The molecule has 0 rings (SSSR count). The number of carbonyl (C=O) groups is 1. The van der Waals surface area contributed by atoms with Gasteiger partial charge in [-0.3, -0.25) is 8.98 Å². The fraction of sp³-hybridized carbons (Fsp3) is 0.857. The largest absolute Gasteiger partial charge is 2.00 e. The summed E-state index contributed by atoms with van der Waals surface area (Å²) in [5.41, 5.74) is 0. The monoisotopic (exact) mass is 251 g/mol. The van der Waals surface area contributed by atoms with Crippen molar-refractivity contribution < 1.29 is 20.2 Å². The number of amides is 1. The predicted molar refractivity (Wildman–Crippen MR) is 56.2 cm³/mol. The Morgan fingerprint density at radius 2 is 1.93 bits per heavy atom. The van der Waals surface area contributed by atoms with Gasteiger partial charge in [-0.15, -0.1) is 0 Å². The van der Waals surface area contributed by atoms with Crippen LogP contribution in [0.4, 0.5) is 0 Å². The van der Waals surface area contributed by atoms with Gasteiger partial charge < -0.3 is 2.85 Å². The van der Waals surface area contributed by atoms with Crippen LogP contribution in [0.2, 0.25) is 0 Å². The van der Waals surface area contributed by atoms with E-state index in [0.29, 0.717) is 12.8 Å². The van der Waals surface area contributed by atoms with E-state index in [0.717, 1.165) is 0 Å². The second kappa shape index (κ2) is 8.91. The molecule has 0 saturated carbocycles. The van der Waals surface area contributed by atoms with Crippen LogP contribution in [-0.4, -0.2) is 58.7 Å². The molecule has 0 saturated heterocycles. The molecule has 0 aromatic rings. The third-order valence-corrected chi connectivity index (χ3v) is 2.11. The van der Waals surface area contributed by atoms with E-state index in [4.69, 9.17) is 0 Å². The van der Waals surface area contributed by atoms with Gasteiger partial charge in [0, 0.05) is 6.42 Å². The first-order valence-electron chi connectivity index (χ1n) is 4.21. The Balaban J connectivity index is -0.000000240. The molecule has 1 N–H and O–H groups in total. The first kappa shape index (κ1) is 17.0. The maximum absolute atomic E-state index is 10.9. The SMILES string of the molecule is CCCOS(=O)(=O)NC(=O)CCC.[Ca+2].[H-].[H-]. The van der Waals surface area contributed by atoms with Crippen molar-refractivity contribution >= 4 is 53.9 Å². The van der Waals surface area contributed by atoms with Crippen molar-refractivity contribution in [2.24, 2.45) is 0 Å². The van der Waals surface area contributed by atoms with Crippen molar-refractivity contribution in [3.63, 3.8) is 0 Å². The molecule has 0 aliphatic carbocycles. The molecule has 14 heavy (non-hydrogen) atoms. The van der Waals surface area contributed by atoms with Crippen molar-refractivity contribution in [3.8, 4) is 0 Å². The molecule has 0 spiro atoms. The number of nitrogens with one attached hydrogen (secondary N) is 1. The molecular formula is C7H17CaNO4S. The summed E-state index contributed by atoms with van der Waals surface area (Å²) in [7, 11) is -3.86. The van der Waals surface area contributed by atoms with Crippen molar-refractivity contribution in [2.45, 2.75) is 33.1 Å². The second-order valence-corrected chi connectivity index (χ2v) is 3.90. The van der Waals surface area contributed by atoms with Gasteiger partial charge in [-0.05, 0) is 12.8 Å². The third-order valence-electron chi connectivity index (χ3n) is 1.16. The minimum Gasteiger partial charge on any atom is -1.00 e. The van der Waals surface area contributed by atoms with Crippen LogP contribution >= 0.6 is 0 Å². The van der Waals surface area contributed by atoms with Crippen LogP contribution in [-0.2, 0) is 19.3 Å². The van der Waals surface area contributed by atoms with E-state index in [1.165, 1.54) is 0 Å². The molecule has 0 unspecified atom stereocenters. The molecule has 5 nitrogen and oxygen atoms in total. The van der Waals surface area contributed by atoms with Crippen molar-refractivity contribution in [1.29, 1.82) is 0 Å². The summed E-state index contributed by atoms with van der Waals surface area (Å²) in [6, 6.07) is 0. The van der Waals surface area contributed by atoms with E-state index in [1.807, 2.05) is 0 Å². The Morgan fingerprint density at radius 1 is 1.36 bits per heavy atom. The van der Waals surface area contributed by atoms with E-state index in [1.54, 1.807) is 18.6 Å². The van der Waals surface area contributed by atoms with Crippen LogP contribution in [0.25, 0.3) is 0 Å². The topological polar surface area (TPSA) is 72.5 Å². The van der Waals surface area contributed by atoms with Crippen LogP contribution in [0.3, 0.4) is 0 Å². The predicted octanol–water partition coefficient (Wildman–Crippen LogP) is 0.418. The van der Waals surface area contributed by atoms with E-state index in [2.05, 4.69) is 4.18 Å². The minimum absolute atomic E-state index is 0. The van der Waals surface area contributed by atoms with Gasteiger partial charge >= 0.3 is 48.0 Å². The van der Waals surface area contributed by atoms with Gasteiger partial charge in [-0.25, -0.2) is 4.72 Å². The summed E-state index contributed by atoms with van der Waals surface area (Å²) >= 11 is 0. The number of hydrogen-bond acceptors (Lipinski definition) is 4. The van der Waals surface area contributed by atoms with Gasteiger partial charge in [0.25, 0.3) is 0 Å². The van der Waals surface area contributed by atoms with Crippen LogP contribution in [0.1, 0.15) is 36.0 Å². The average Bonchev–Trinajstić information content (AvgIpc) is 2.00. The molecule has 0 atom stereocenters. The molecule has 0 radical (unpaired) electrons. The Morgan fingerprint density at radius 3 is 2.36 bits per heavy atom. The minimum atomic E-state index is -3.86. The van der Waals surface area contributed by atoms with E-state index < -0.39 is 16.2 Å². The summed E-state index contributed by atoms with van der Waals surface area (Å²) < 4.78 is 28.1. The fourth-order valence-corrected chi connectivity index (χ4v) is 1.47. The Labute approximate surface area is 118 Å². The number of rotatable bonds is 6. The number of carbonyl (C=O) groups excluding carboxylic acids is 1. The van der Waals surface area contributed by atoms with Crippen molar-refractivity contribution in [1.82, 2.24) is 4.72 Å². The average molecular weight is 251 g/mol. The van der Waals surface area contributed by atoms with E-state index in [9.17, 15) is 13.2 Å². The Hall–Kier alpha value is 0.640. The molecule has 0 fully saturated rings. The molecule has 0 bridgehead atoms. The van der Waals surface area contributed by atoms with E-state index in [-0.39, 0.29) is 53.6 Å². The third kappa shape index (κ3) is 9.20. The number of hydrogen-bond donors (Lipinski definition) is 1. The van der Waals surface area contributed by atoms with Gasteiger partial charge in [0.05, 0.1) is 6.61 Å². The van der Waals surface area contributed by atoms with Gasteiger partial charge in [0.2, 0.25) is 5.91 Å². The zero-order chi connectivity index (χ0) is 10.3. The summed E-state index contributed by atoms with van der Waals surface area (Å²) in [4.78, 5) is 10.9. The van der Waals surface area contributed by atoms with Gasteiger partial charge in [-0.1, -0.05) is 13.8 Å². The van der Waals surface area contributed by atoms with Gasteiger partial charge in [0.15, 0.2) is 0 Å². The zero-order valence-corrected chi connectivity index (χ0v) is 11.6. The van der Waals surface area contributed by atoms with Crippen molar-refractivity contribution in [2.75, 3.05) is 6.61 Å². The van der Waals surface area contributed by atoms with Gasteiger partial charge in [0.1, 0.15) is 0 Å². The first-order valence-corrected chi connectivity index (χ1v) is 5.62. The second-order valence-electron chi connectivity index (χ2n) is 2.55. The van der Waals surface area contributed by atoms with Crippen LogP contribution < -0.4 is 4.72 Å². The molecule has 7 heteroatoms. The summed E-state index contributed by atoms with van der Waals surface area (Å²) in [5.74, 6) is -0.529. The fourth-order valence-electron chi connectivity index (χ4n) is 0.640. The molecule has 0 heterocycles. The molecule has 1 amide bonds.